The first-order valence-corrected chi connectivity index (χ1v) is 22.2. The maximum atomic E-state index is 11.9. The second-order valence-electron chi connectivity index (χ2n) is 19.0. The molecule has 9 aromatic rings. The SMILES string of the molecule is [2H]C(C)(C)c1ccc(-c2ccnc(-c3[c-]c(-c4cccc5c4nc(-c4cc(C)cc(C)c4O)n5-c4ccc(C(C)(C)C(C)(C)C)cc4-c4ccccc4)cc(-c4ccccc4)c3)c2)cc1.[Pt]. The Bertz CT molecular complexity index is 3210. The van der Waals surface area contributed by atoms with Crippen molar-refractivity contribution >= 4 is 11.0 Å². The number of rotatable bonds is 9. The number of para-hydroxylation sites is 1. The molecule has 0 unspecified atom stereocenters. The van der Waals surface area contributed by atoms with Crippen molar-refractivity contribution < 1.29 is 27.5 Å². The third kappa shape index (κ3) is 8.65. The summed E-state index contributed by atoms with van der Waals surface area (Å²) in [4.78, 5) is 10.5. The molecular formula is C60H56N3OPt-. The zero-order chi connectivity index (χ0) is 45.8. The van der Waals surface area contributed by atoms with Crippen molar-refractivity contribution in [2.24, 2.45) is 5.41 Å². The minimum Gasteiger partial charge on any atom is -0.507 e. The summed E-state index contributed by atoms with van der Waals surface area (Å²) in [5.74, 6) is 0.192. The van der Waals surface area contributed by atoms with Crippen molar-refractivity contribution in [3.8, 4) is 78.6 Å². The molecule has 65 heavy (non-hydrogen) atoms. The van der Waals surface area contributed by atoms with Crippen molar-refractivity contribution in [3.63, 3.8) is 0 Å². The monoisotopic (exact) mass is 1030 g/mol. The number of phenolic OH excluding ortho intramolecular Hbond substituents is 1. The Labute approximate surface area is 400 Å². The number of hydrogen-bond acceptors (Lipinski definition) is 3. The van der Waals surface area contributed by atoms with E-state index in [4.69, 9.17) is 11.3 Å². The topological polar surface area (TPSA) is 50.9 Å². The van der Waals surface area contributed by atoms with Gasteiger partial charge in [0.1, 0.15) is 11.6 Å². The van der Waals surface area contributed by atoms with Crippen LogP contribution < -0.4 is 0 Å². The molecule has 0 spiro atoms. The van der Waals surface area contributed by atoms with Crippen molar-refractivity contribution in [1.29, 1.82) is 0 Å². The molecule has 0 fully saturated rings. The molecular weight excluding hydrogens is 974 g/mol. The Morgan fingerprint density at radius 2 is 1.28 bits per heavy atom. The molecule has 0 aliphatic heterocycles. The quantitative estimate of drug-likeness (QED) is 0.147. The van der Waals surface area contributed by atoms with Gasteiger partial charge < -0.3 is 5.11 Å². The number of benzene rings is 7. The van der Waals surface area contributed by atoms with E-state index in [-0.39, 0.29) is 37.6 Å². The normalized spacial score (nSPS) is 12.2. The van der Waals surface area contributed by atoms with Gasteiger partial charge in [-0.15, -0.1) is 23.8 Å². The van der Waals surface area contributed by atoms with Crippen LogP contribution in [0, 0.1) is 25.3 Å². The summed E-state index contributed by atoms with van der Waals surface area (Å²) < 4.78 is 10.8. The van der Waals surface area contributed by atoms with Gasteiger partial charge in [0.25, 0.3) is 0 Å². The number of aromatic nitrogens is 3. The first-order chi connectivity index (χ1) is 31.0. The zero-order valence-corrected chi connectivity index (χ0v) is 41.0. The Hall–Kier alpha value is -6.35. The standard InChI is InChI=1S/C60H56N3O.Pt/c1-38(2)41-23-25-43(26-24-41)45-29-30-61-53(36-45)48-34-46(42-17-12-10-13-18-42)33-47(35-48)50-21-16-22-55-56(50)62-58(52-32-39(3)31-40(4)57(52)64)63(55)54-28-27-49(60(8,9)59(5,6)7)37-51(54)44-19-14-11-15-20-44;/h10-34,36-38,64H,1-9H3;/q-1;/i38D;. The van der Waals surface area contributed by atoms with Crippen LogP contribution in [-0.4, -0.2) is 19.6 Å². The van der Waals surface area contributed by atoms with E-state index in [1.807, 2.05) is 63.4 Å². The van der Waals surface area contributed by atoms with Crippen LogP contribution >= 0.6 is 0 Å². The van der Waals surface area contributed by atoms with Crippen LogP contribution in [0.2, 0.25) is 0 Å². The molecule has 0 atom stereocenters. The summed E-state index contributed by atoms with van der Waals surface area (Å²) in [5.41, 5.74) is 17.1. The van der Waals surface area contributed by atoms with Crippen LogP contribution in [0.3, 0.4) is 0 Å². The Morgan fingerprint density at radius 3 is 1.95 bits per heavy atom. The molecule has 7 aromatic carbocycles. The number of hydrogen-bond donors (Lipinski definition) is 1. The minimum absolute atomic E-state index is 0. The van der Waals surface area contributed by atoms with E-state index in [2.05, 4.69) is 174 Å². The van der Waals surface area contributed by atoms with Gasteiger partial charge in [0.2, 0.25) is 0 Å². The second-order valence-corrected chi connectivity index (χ2v) is 19.0. The summed E-state index contributed by atoms with van der Waals surface area (Å²) >= 11 is 0. The summed E-state index contributed by atoms with van der Waals surface area (Å²) in [7, 11) is 0. The molecule has 0 bridgehead atoms. The van der Waals surface area contributed by atoms with E-state index in [1.54, 1.807) is 0 Å². The third-order valence-electron chi connectivity index (χ3n) is 13.4. The van der Waals surface area contributed by atoms with Gasteiger partial charge in [0, 0.05) is 39.9 Å². The number of aromatic hydroxyl groups is 1. The summed E-state index contributed by atoms with van der Waals surface area (Å²) in [5, 5.41) is 11.9. The largest absolute Gasteiger partial charge is 0.507 e. The van der Waals surface area contributed by atoms with Gasteiger partial charge in [0.05, 0.1) is 22.3 Å². The summed E-state index contributed by atoms with van der Waals surface area (Å²) in [6.07, 6.45) is 1.86. The van der Waals surface area contributed by atoms with E-state index < -0.39 is 5.89 Å². The van der Waals surface area contributed by atoms with E-state index in [0.29, 0.717) is 11.4 Å². The van der Waals surface area contributed by atoms with E-state index >= 15 is 0 Å². The molecule has 5 heteroatoms. The molecule has 9 rings (SSSR count). The molecule has 0 saturated heterocycles. The molecule has 1 N–H and O–H groups in total. The van der Waals surface area contributed by atoms with E-state index in [0.717, 1.165) is 89.2 Å². The van der Waals surface area contributed by atoms with E-state index in [1.165, 1.54) is 5.56 Å². The van der Waals surface area contributed by atoms with Crippen molar-refractivity contribution in [1.82, 2.24) is 14.5 Å². The summed E-state index contributed by atoms with van der Waals surface area (Å²) in [6, 6.07) is 58.9. The Kier molecular flexibility index (Phi) is 12.1. The fraction of sp³-hybridized carbons (Fsp3) is 0.200. The fourth-order valence-corrected chi connectivity index (χ4v) is 8.68. The molecule has 0 amide bonds. The number of phenols is 1. The minimum atomic E-state index is -0.678. The van der Waals surface area contributed by atoms with Crippen molar-refractivity contribution in [2.75, 3.05) is 0 Å². The predicted molar refractivity (Wildman–Crippen MR) is 268 cm³/mol. The Balaban J connectivity index is 0.00000592. The summed E-state index contributed by atoms with van der Waals surface area (Å²) in [6.45, 7) is 19.4. The molecule has 2 heterocycles. The van der Waals surface area contributed by atoms with Gasteiger partial charge in [-0.2, -0.15) is 0 Å². The van der Waals surface area contributed by atoms with E-state index in [9.17, 15) is 5.11 Å². The van der Waals surface area contributed by atoms with Crippen LogP contribution in [0.25, 0.3) is 83.9 Å². The second kappa shape index (κ2) is 17.9. The average molecular weight is 1030 g/mol. The maximum Gasteiger partial charge on any atom is 0.148 e. The van der Waals surface area contributed by atoms with Gasteiger partial charge in [-0.05, 0) is 105 Å². The molecule has 0 aliphatic carbocycles. The zero-order valence-electron chi connectivity index (χ0n) is 39.7. The smallest absolute Gasteiger partial charge is 0.148 e. The molecule has 4 nitrogen and oxygen atoms in total. The number of aryl methyl sites for hydroxylation is 2. The predicted octanol–water partition coefficient (Wildman–Crippen LogP) is 16.0. The van der Waals surface area contributed by atoms with Crippen molar-refractivity contribution in [2.45, 2.75) is 73.6 Å². The van der Waals surface area contributed by atoms with Crippen LogP contribution in [0.15, 0.2) is 164 Å². The Morgan fingerprint density at radius 1 is 0.615 bits per heavy atom. The number of nitrogens with zero attached hydrogens (tertiary/aromatic N) is 3. The average Bonchev–Trinajstić information content (AvgIpc) is 3.69. The third-order valence-corrected chi connectivity index (χ3v) is 13.4. The molecule has 0 aliphatic rings. The first kappa shape index (κ1) is 43.9. The van der Waals surface area contributed by atoms with Crippen LogP contribution in [0.5, 0.6) is 5.75 Å². The molecule has 0 saturated carbocycles. The number of imidazole rings is 1. The first-order valence-electron chi connectivity index (χ1n) is 22.7. The van der Waals surface area contributed by atoms with Crippen LogP contribution in [0.4, 0.5) is 0 Å². The maximum absolute atomic E-state index is 11.9. The van der Waals surface area contributed by atoms with Gasteiger partial charge in [-0.25, -0.2) is 4.98 Å². The number of fused-ring (bicyclic) bond motifs is 1. The van der Waals surface area contributed by atoms with Gasteiger partial charge in [-0.3, -0.25) is 9.55 Å². The molecule has 0 radical (unpaired) electrons. The molecule has 328 valence electrons. The van der Waals surface area contributed by atoms with Gasteiger partial charge in [0.15, 0.2) is 0 Å². The van der Waals surface area contributed by atoms with Gasteiger partial charge >= 0.3 is 0 Å². The van der Waals surface area contributed by atoms with Crippen molar-refractivity contribution in [3.05, 3.63) is 192 Å². The fourth-order valence-electron chi connectivity index (χ4n) is 8.68. The number of pyridine rings is 1. The van der Waals surface area contributed by atoms with Gasteiger partial charge in [-0.1, -0.05) is 180 Å². The van der Waals surface area contributed by atoms with Crippen LogP contribution in [0.1, 0.15) is 78.0 Å². The van der Waals surface area contributed by atoms with Crippen LogP contribution in [-0.2, 0) is 26.5 Å². The molecule has 2 aromatic heterocycles.